The maximum atomic E-state index is 12.4. The lowest BCUT2D eigenvalue weighted by molar-refractivity contribution is 0.552. The standard InChI is InChI=1S/C16H21N5O2S/c1-11-10-12(2)18-15(17-11)20-24(22,23)14-8-6-13(7-9-14)19-21-16(3,4)5/h6-10H,1-5H3,(H,17,18,20). The highest BCUT2D eigenvalue weighted by molar-refractivity contribution is 7.92. The van der Waals surface area contributed by atoms with Crippen molar-refractivity contribution in [3.63, 3.8) is 0 Å². The van der Waals surface area contributed by atoms with Gasteiger partial charge in [-0.2, -0.15) is 10.2 Å². The number of hydrogen-bond donors (Lipinski definition) is 1. The molecule has 0 amide bonds. The van der Waals surface area contributed by atoms with Crippen molar-refractivity contribution in [2.24, 2.45) is 10.2 Å². The number of nitrogens with one attached hydrogen (secondary N) is 1. The van der Waals surface area contributed by atoms with E-state index in [0.29, 0.717) is 17.1 Å². The normalized spacial score (nSPS) is 12.5. The van der Waals surface area contributed by atoms with E-state index in [4.69, 9.17) is 0 Å². The first-order valence-corrected chi connectivity index (χ1v) is 8.92. The minimum Gasteiger partial charge on any atom is -0.247 e. The SMILES string of the molecule is Cc1cc(C)nc(NS(=O)(=O)c2ccc(N=NC(C)(C)C)cc2)n1. The van der Waals surface area contributed by atoms with Gasteiger partial charge in [-0.1, -0.05) is 0 Å². The van der Waals surface area contributed by atoms with Crippen LogP contribution in [0.4, 0.5) is 11.6 Å². The molecule has 0 saturated heterocycles. The molecule has 0 fully saturated rings. The molecule has 1 heterocycles. The van der Waals surface area contributed by atoms with Crippen LogP contribution in [-0.2, 0) is 10.0 Å². The number of aryl methyl sites for hydroxylation is 2. The van der Waals surface area contributed by atoms with Crippen LogP contribution in [0.1, 0.15) is 32.2 Å². The van der Waals surface area contributed by atoms with Gasteiger partial charge in [-0.15, -0.1) is 0 Å². The van der Waals surface area contributed by atoms with Crippen molar-refractivity contribution in [1.29, 1.82) is 0 Å². The zero-order valence-electron chi connectivity index (χ0n) is 14.4. The van der Waals surface area contributed by atoms with Crippen molar-refractivity contribution in [3.8, 4) is 0 Å². The van der Waals surface area contributed by atoms with Crippen LogP contribution in [0.25, 0.3) is 0 Å². The summed E-state index contributed by atoms with van der Waals surface area (Å²) in [5, 5.41) is 8.24. The number of nitrogens with zero attached hydrogens (tertiary/aromatic N) is 4. The summed E-state index contributed by atoms with van der Waals surface area (Å²) < 4.78 is 27.2. The molecule has 0 aliphatic heterocycles. The molecule has 0 unspecified atom stereocenters. The number of anilines is 1. The second-order valence-corrected chi connectivity index (χ2v) is 8.13. The van der Waals surface area contributed by atoms with Crippen LogP contribution in [0.3, 0.4) is 0 Å². The Bertz CT molecular complexity index is 833. The van der Waals surface area contributed by atoms with Crippen molar-refractivity contribution in [2.45, 2.75) is 45.1 Å². The second kappa shape index (κ2) is 6.64. The smallest absolute Gasteiger partial charge is 0.247 e. The van der Waals surface area contributed by atoms with E-state index >= 15 is 0 Å². The van der Waals surface area contributed by atoms with Gasteiger partial charge in [-0.25, -0.2) is 23.1 Å². The predicted molar refractivity (Wildman–Crippen MR) is 93.0 cm³/mol. The van der Waals surface area contributed by atoms with Crippen LogP contribution in [0.5, 0.6) is 0 Å². The molecule has 24 heavy (non-hydrogen) atoms. The van der Waals surface area contributed by atoms with Gasteiger partial charge in [0.2, 0.25) is 5.95 Å². The fraction of sp³-hybridized carbons (Fsp3) is 0.375. The van der Waals surface area contributed by atoms with Crippen LogP contribution >= 0.6 is 0 Å². The van der Waals surface area contributed by atoms with E-state index in [1.807, 2.05) is 20.8 Å². The summed E-state index contributed by atoms with van der Waals surface area (Å²) in [7, 11) is -3.75. The number of benzene rings is 1. The summed E-state index contributed by atoms with van der Waals surface area (Å²) in [5.41, 5.74) is 1.69. The second-order valence-electron chi connectivity index (χ2n) is 6.44. The number of aromatic nitrogens is 2. The molecule has 0 atom stereocenters. The Morgan fingerprint density at radius 2 is 1.54 bits per heavy atom. The number of sulfonamides is 1. The first-order valence-electron chi connectivity index (χ1n) is 7.43. The summed E-state index contributed by atoms with van der Waals surface area (Å²) in [5.74, 6) is 0.0593. The Morgan fingerprint density at radius 3 is 2.04 bits per heavy atom. The minimum atomic E-state index is -3.75. The highest BCUT2D eigenvalue weighted by Gasteiger charge is 2.16. The number of rotatable bonds is 4. The van der Waals surface area contributed by atoms with Crippen molar-refractivity contribution < 1.29 is 8.42 Å². The topological polar surface area (TPSA) is 96.7 Å². The van der Waals surface area contributed by atoms with Gasteiger partial charge in [0.1, 0.15) is 0 Å². The fourth-order valence-electron chi connectivity index (χ4n) is 1.85. The van der Waals surface area contributed by atoms with Crippen molar-refractivity contribution in [2.75, 3.05) is 4.72 Å². The molecular formula is C16H21N5O2S. The van der Waals surface area contributed by atoms with E-state index < -0.39 is 10.0 Å². The highest BCUT2D eigenvalue weighted by Crippen LogP contribution is 2.20. The van der Waals surface area contributed by atoms with E-state index in [0.717, 1.165) is 0 Å². The fourth-order valence-corrected chi connectivity index (χ4v) is 2.79. The molecule has 0 radical (unpaired) electrons. The zero-order chi connectivity index (χ0) is 18.0. The van der Waals surface area contributed by atoms with Gasteiger partial charge in [0.25, 0.3) is 10.0 Å². The van der Waals surface area contributed by atoms with E-state index in [1.54, 1.807) is 32.0 Å². The van der Waals surface area contributed by atoms with Gasteiger partial charge in [0, 0.05) is 11.4 Å². The van der Waals surface area contributed by atoms with Gasteiger partial charge in [0.15, 0.2) is 0 Å². The molecule has 2 aromatic rings. The Balaban J connectivity index is 2.22. The Hall–Kier alpha value is -2.35. The van der Waals surface area contributed by atoms with Crippen LogP contribution in [0, 0.1) is 13.8 Å². The lowest BCUT2D eigenvalue weighted by atomic mass is 10.1. The van der Waals surface area contributed by atoms with E-state index in [1.165, 1.54) is 12.1 Å². The molecule has 0 aliphatic carbocycles. The largest absolute Gasteiger partial charge is 0.264 e. The average molecular weight is 347 g/mol. The summed E-state index contributed by atoms with van der Waals surface area (Å²) in [6.45, 7) is 9.36. The van der Waals surface area contributed by atoms with Crippen LogP contribution in [-0.4, -0.2) is 23.9 Å². The molecule has 0 bridgehead atoms. The van der Waals surface area contributed by atoms with Gasteiger partial charge < -0.3 is 0 Å². The highest BCUT2D eigenvalue weighted by atomic mass is 32.2. The van der Waals surface area contributed by atoms with Crippen molar-refractivity contribution in [1.82, 2.24) is 9.97 Å². The summed E-state index contributed by atoms with van der Waals surface area (Å²) in [4.78, 5) is 8.28. The molecule has 1 aromatic carbocycles. The molecule has 7 nitrogen and oxygen atoms in total. The van der Waals surface area contributed by atoms with Crippen LogP contribution in [0.2, 0.25) is 0 Å². The number of hydrogen-bond acceptors (Lipinski definition) is 6. The molecular weight excluding hydrogens is 326 g/mol. The van der Waals surface area contributed by atoms with Gasteiger partial charge in [-0.3, -0.25) is 0 Å². The van der Waals surface area contributed by atoms with E-state index in [9.17, 15) is 8.42 Å². The average Bonchev–Trinajstić information content (AvgIpc) is 2.43. The number of azo groups is 1. The first-order chi connectivity index (χ1) is 11.0. The molecule has 0 spiro atoms. The van der Waals surface area contributed by atoms with Gasteiger partial charge in [-0.05, 0) is 65.0 Å². The predicted octanol–water partition coefficient (Wildman–Crippen LogP) is 3.78. The van der Waals surface area contributed by atoms with Gasteiger partial charge in [0.05, 0.1) is 16.1 Å². The van der Waals surface area contributed by atoms with Crippen molar-refractivity contribution in [3.05, 3.63) is 41.7 Å². The molecule has 0 saturated carbocycles. The summed E-state index contributed by atoms with van der Waals surface area (Å²) >= 11 is 0. The van der Waals surface area contributed by atoms with Crippen LogP contribution in [0.15, 0.2) is 45.5 Å². The Morgan fingerprint density at radius 1 is 1.00 bits per heavy atom. The quantitative estimate of drug-likeness (QED) is 0.851. The maximum absolute atomic E-state index is 12.4. The van der Waals surface area contributed by atoms with Gasteiger partial charge >= 0.3 is 0 Å². The summed E-state index contributed by atoms with van der Waals surface area (Å²) in [6.07, 6.45) is 0. The lowest BCUT2D eigenvalue weighted by Crippen LogP contribution is -2.15. The Kier molecular flexibility index (Phi) is 4.98. The lowest BCUT2D eigenvalue weighted by Gasteiger charge is -2.09. The molecule has 1 N–H and O–H groups in total. The van der Waals surface area contributed by atoms with Crippen LogP contribution < -0.4 is 4.72 Å². The summed E-state index contributed by atoms with van der Waals surface area (Å²) in [6, 6.07) is 7.93. The third-order valence-electron chi connectivity index (χ3n) is 2.82. The van der Waals surface area contributed by atoms with E-state index in [-0.39, 0.29) is 16.4 Å². The third kappa shape index (κ3) is 5.09. The monoisotopic (exact) mass is 347 g/mol. The molecule has 0 aliphatic rings. The van der Waals surface area contributed by atoms with E-state index in [2.05, 4.69) is 24.9 Å². The van der Waals surface area contributed by atoms with Crippen molar-refractivity contribution >= 4 is 21.7 Å². The molecule has 128 valence electrons. The molecule has 2 rings (SSSR count). The molecule has 1 aromatic heterocycles. The molecule has 8 heteroatoms. The third-order valence-corrected chi connectivity index (χ3v) is 4.16. The minimum absolute atomic E-state index is 0.0593. The first kappa shape index (κ1) is 18.0. The maximum Gasteiger partial charge on any atom is 0.264 e. The zero-order valence-corrected chi connectivity index (χ0v) is 15.2. The Labute approximate surface area is 142 Å².